The van der Waals surface area contributed by atoms with Gasteiger partial charge in [-0.3, -0.25) is 9.52 Å². The number of benzene rings is 1. The van der Waals surface area contributed by atoms with Crippen molar-refractivity contribution in [2.24, 2.45) is 17.3 Å². The number of anilines is 2. The second-order valence-electron chi connectivity index (χ2n) is 7.69. The van der Waals surface area contributed by atoms with Crippen LogP contribution in [0.25, 0.3) is 0 Å². The summed E-state index contributed by atoms with van der Waals surface area (Å²) in [6, 6.07) is 2.48. The average molecular weight is 404 g/mol. The second-order valence-corrected chi connectivity index (χ2v) is 9.44. The van der Waals surface area contributed by atoms with Crippen LogP contribution < -0.4 is 10.0 Å². The lowest BCUT2D eigenvalue weighted by molar-refractivity contribution is -0.137. The second kappa shape index (κ2) is 6.85. The Bertz CT molecular complexity index is 886. The molecule has 1 aliphatic rings. The molecule has 150 valence electrons. The molecule has 2 rings (SSSR count). The van der Waals surface area contributed by atoms with Gasteiger partial charge in [-0.25, -0.2) is 8.42 Å². The standard InChI is InChI=1S/C18H23F3N2O3S/c1-10(2)8-12-15(17(12,3)4)16(24)22-14-9-11(18(19,20)21)6-7-13(14)23-27(5,25)26/h6-9,12,15,23H,1-5H3,(H,22,24)/t12-,15-/m0/s1. The molecule has 0 bridgehead atoms. The summed E-state index contributed by atoms with van der Waals surface area (Å²) in [5, 5.41) is 2.47. The van der Waals surface area contributed by atoms with E-state index in [9.17, 15) is 26.4 Å². The zero-order valence-corrected chi connectivity index (χ0v) is 16.5. The number of carbonyl (C=O) groups excluding carboxylic acids is 1. The van der Waals surface area contributed by atoms with E-state index in [2.05, 4.69) is 10.0 Å². The Hall–Kier alpha value is -2.03. The summed E-state index contributed by atoms with van der Waals surface area (Å²) in [6.07, 6.45) is -1.77. The Labute approximate surface area is 157 Å². The van der Waals surface area contributed by atoms with E-state index in [1.807, 2.05) is 33.8 Å². The van der Waals surface area contributed by atoms with E-state index in [1.54, 1.807) is 0 Å². The molecule has 9 heteroatoms. The highest BCUT2D eigenvalue weighted by atomic mass is 32.2. The third kappa shape index (κ3) is 5.03. The number of hydrogen-bond donors (Lipinski definition) is 2. The smallest absolute Gasteiger partial charge is 0.324 e. The predicted molar refractivity (Wildman–Crippen MR) is 98.7 cm³/mol. The van der Waals surface area contributed by atoms with Crippen molar-refractivity contribution >= 4 is 27.3 Å². The fraction of sp³-hybridized carbons (Fsp3) is 0.500. The van der Waals surface area contributed by atoms with Crippen molar-refractivity contribution in [2.45, 2.75) is 33.9 Å². The first-order chi connectivity index (χ1) is 12.1. The third-order valence-electron chi connectivity index (χ3n) is 4.61. The molecule has 1 aromatic rings. The van der Waals surface area contributed by atoms with E-state index in [4.69, 9.17) is 0 Å². The minimum absolute atomic E-state index is 0.0281. The number of halogens is 3. The molecule has 1 saturated carbocycles. The quantitative estimate of drug-likeness (QED) is 0.721. The lowest BCUT2D eigenvalue weighted by Crippen LogP contribution is -2.20. The van der Waals surface area contributed by atoms with Crippen LogP contribution in [0.15, 0.2) is 29.8 Å². The van der Waals surface area contributed by atoms with Gasteiger partial charge >= 0.3 is 6.18 Å². The summed E-state index contributed by atoms with van der Waals surface area (Å²) >= 11 is 0. The Kier molecular flexibility index (Phi) is 5.40. The normalized spacial score (nSPS) is 21.3. The van der Waals surface area contributed by atoms with Gasteiger partial charge in [0, 0.05) is 0 Å². The topological polar surface area (TPSA) is 75.3 Å². The van der Waals surface area contributed by atoms with Gasteiger partial charge in [-0.2, -0.15) is 13.2 Å². The van der Waals surface area contributed by atoms with Crippen molar-refractivity contribution in [3.8, 4) is 0 Å². The average Bonchev–Trinajstić information content (AvgIpc) is 2.98. The Morgan fingerprint density at radius 3 is 2.26 bits per heavy atom. The Balaban J connectivity index is 2.35. The van der Waals surface area contributed by atoms with Crippen LogP contribution in [0.1, 0.15) is 33.3 Å². The van der Waals surface area contributed by atoms with Crippen LogP contribution >= 0.6 is 0 Å². The fourth-order valence-corrected chi connectivity index (χ4v) is 3.75. The van der Waals surface area contributed by atoms with Gasteiger partial charge in [0.1, 0.15) is 0 Å². The van der Waals surface area contributed by atoms with Crippen molar-refractivity contribution in [3.63, 3.8) is 0 Å². The Morgan fingerprint density at radius 1 is 1.19 bits per heavy atom. The van der Waals surface area contributed by atoms with Crippen molar-refractivity contribution < 1.29 is 26.4 Å². The zero-order chi connectivity index (χ0) is 20.8. The van der Waals surface area contributed by atoms with Crippen molar-refractivity contribution in [3.05, 3.63) is 35.4 Å². The van der Waals surface area contributed by atoms with Crippen LogP contribution in [0.3, 0.4) is 0 Å². The van der Waals surface area contributed by atoms with Gasteiger partial charge in [0.2, 0.25) is 15.9 Å². The molecule has 27 heavy (non-hydrogen) atoms. The van der Waals surface area contributed by atoms with E-state index in [0.29, 0.717) is 0 Å². The minimum atomic E-state index is -4.62. The van der Waals surface area contributed by atoms with Crippen LogP contribution in [0.2, 0.25) is 0 Å². The molecule has 0 spiro atoms. The van der Waals surface area contributed by atoms with Gasteiger partial charge in [0.05, 0.1) is 29.1 Å². The first-order valence-electron chi connectivity index (χ1n) is 8.28. The van der Waals surface area contributed by atoms with Crippen LogP contribution in [0, 0.1) is 17.3 Å². The van der Waals surface area contributed by atoms with Crippen molar-refractivity contribution in [1.82, 2.24) is 0 Å². The van der Waals surface area contributed by atoms with Gasteiger partial charge in [-0.05, 0) is 43.4 Å². The van der Waals surface area contributed by atoms with Crippen LogP contribution in [0.4, 0.5) is 24.5 Å². The lowest BCUT2D eigenvalue weighted by Gasteiger charge is -2.15. The number of allylic oxidation sites excluding steroid dienone is 2. The summed E-state index contributed by atoms with van der Waals surface area (Å²) in [7, 11) is -3.73. The van der Waals surface area contributed by atoms with Gasteiger partial charge in [0.25, 0.3) is 0 Å². The van der Waals surface area contributed by atoms with Gasteiger partial charge in [-0.1, -0.05) is 25.5 Å². The summed E-state index contributed by atoms with van der Waals surface area (Å²) in [4.78, 5) is 12.7. The summed E-state index contributed by atoms with van der Waals surface area (Å²) in [5.41, 5.74) is -0.599. The number of hydrogen-bond acceptors (Lipinski definition) is 3. The largest absolute Gasteiger partial charge is 0.416 e. The molecule has 1 amide bonds. The molecule has 0 saturated heterocycles. The summed E-state index contributed by atoms with van der Waals surface area (Å²) in [6.45, 7) is 7.63. The molecular formula is C18H23F3N2O3S. The highest BCUT2D eigenvalue weighted by molar-refractivity contribution is 7.92. The number of amides is 1. The summed E-state index contributed by atoms with van der Waals surface area (Å²) in [5.74, 6) is -0.883. The van der Waals surface area contributed by atoms with E-state index >= 15 is 0 Å². The molecule has 1 aromatic carbocycles. The van der Waals surface area contributed by atoms with E-state index in [-0.39, 0.29) is 22.7 Å². The molecule has 1 aliphatic carbocycles. The maximum atomic E-state index is 13.0. The molecular weight excluding hydrogens is 381 g/mol. The SMILES string of the molecule is CC(C)=C[C@H]1[C@@H](C(=O)Nc2cc(C(F)(F)F)ccc2NS(C)(=O)=O)C1(C)C. The highest BCUT2D eigenvalue weighted by Crippen LogP contribution is 2.59. The molecule has 0 radical (unpaired) electrons. The van der Waals surface area contributed by atoms with Gasteiger partial charge < -0.3 is 5.32 Å². The van der Waals surface area contributed by atoms with E-state index < -0.39 is 33.6 Å². The molecule has 5 nitrogen and oxygen atoms in total. The molecule has 0 unspecified atom stereocenters. The maximum Gasteiger partial charge on any atom is 0.416 e. The predicted octanol–water partition coefficient (Wildman–Crippen LogP) is 4.25. The Morgan fingerprint density at radius 2 is 1.78 bits per heavy atom. The highest BCUT2D eigenvalue weighted by Gasteiger charge is 2.60. The lowest BCUT2D eigenvalue weighted by atomic mass is 10.1. The summed E-state index contributed by atoms with van der Waals surface area (Å²) < 4.78 is 64.2. The monoisotopic (exact) mass is 404 g/mol. The number of rotatable bonds is 5. The number of carbonyl (C=O) groups is 1. The zero-order valence-electron chi connectivity index (χ0n) is 15.7. The molecule has 1 fully saturated rings. The van der Waals surface area contributed by atoms with Crippen molar-refractivity contribution in [1.29, 1.82) is 0 Å². The maximum absolute atomic E-state index is 13.0. The van der Waals surface area contributed by atoms with E-state index in [1.165, 1.54) is 0 Å². The van der Waals surface area contributed by atoms with Gasteiger partial charge in [0.15, 0.2) is 0 Å². The number of sulfonamides is 1. The first-order valence-corrected chi connectivity index (χ1v) is 10.2. The van der Waals surface area contributed by atoms with Gasteiger partial charge in [-0.15, -0.1) is 0 Å². The van der Waals surface area contributed by atoms with Crippen LogP contribution in [0.5, 0.6) is 0 Å². The van der Waals surface area contributed by atoms with E-state index in [0.717, 1.165) is 30.0 Å². The van der Waals surface area contributed by atoms with Crippen molar-refractivity contribution in [2.75, 3.05) is 16.3 Å². The number of nitrogens with one attached hydrogen (secondary N) is 2. The fourth-order valence-electron chi connectivity index (χ4n) is 3.17. The molecule has 0 heterocycles. The molecule has 0 aliphatic heterocycles. The van der Waals surface area contributed by atoms with Crippen LogP contribution in [-0.2, 0) is 21.0 Å². The van der Waals surface area contributed by atoms with Crippen LogP contribution in [-0.4, -0.2) is 20.6 Å². The molecule has 0 aromatic heterocycles. The minimum Gasteiger partial charge on any atom is -0.324 e. The first kappa shape index (κ1) is 21.3. The molecule has 2 N–H and O–H groups in total. The third-order valence-corrected chi connectivity index (χ3v) is 5.20. The molecule has 2 atom stereocenters. The number of alkyl halides is 3.